The number of benzene rings is 3. The maximum Gasteiger partial charge on any atom is 0.415 e. The van der Waals surface area contributed by atoms with Crippen LogP contribution >= 0.6 is 0 Å². The minimum absolute atomic E-state index is 0.0149. The van der Waals surface area contributed by atoms with Gasteiger partial charge in [0.15, 0.2) is 0 Å². The summed E-state index contributed by atoms with van der Waals surface area (Å²) in [6, 6.07) is 25.7. The first-order valence-corrected chi connectivity index (χ1v) is 15.5. The lowest BCUT2D eigenvalue weighted by molar-refractivity contribution is -0.141. The van der Waals surface area contributed by atoms with Crippen molar-refractivity contribution in [1.82, 2.24) is 15.2 Å². The molecule has 0 saturated carbocycles. The number of aromatic nitrogens is 1. The van der Waals surface area contributed by atoms with Crippen LogP contribution < -0.4 is 14.8 Å². The molecular formula is C36H39N3O7. The summed E-state index contributed by atoms with van der Waals surface area (Å²) < 4.78 is 17.2. The van der Waals surface area contributed by atoms with Crippen molar-refractivity contribution in [3.05, 3.63) is 102 Å². The van der Waals surface area contributed by atoms with Crippen LogP contribution in [0.2, 0.25) is 0 Å². The molecule has 3 aromatic carbocycles. The van der Waals surface area contributed by atoms with Gasteiger partial charge in [-0.25, -0.2) is 14.6 Å². The predicted molar refractivity (Wildman–Crippen MR) is 172 cm³/mol. The molecule has 3 heterocycles. The van der Waals surface area contributed by atoms with Crippen molar-refractivity contribution in [3.8, 4) is 23.0 Å². The van der Waals surface area contributed by atoms with Crippen LogP contribution in [0.3, 0.4) is 0 Å². The molecule has 10 nitrogen and oxygen atoms in total. The summed E-state index contributed by atoms with van der Waals surface area (Å²) in [4.78, 5) is 40.9. The summed E-state index contributed by atoms with van der Waals surface area (Å²) in [6.07, 6.45) is 2.68. The Morgan fingerprint density at radius 1 is 1.02 bits per heavy atom. The normalized spacial score (nSPS) is 18.8. The van der Waals surface area contributed by atoms with Crippen LogP contribution in [0, 0.1) is 12.8 Å². The molecule has 1 unspecified atom stereocenters. The first-order valence-electron chi connectivity index (χ1n) is 15.5. The van der Waals surface area contributed by atoms with Gasteiger partial charge in [0.2, 0.25) is 11.8 Å². The van der Waals surface area contributed by atoms with Crippen LogP contribution in [0.4, 0.5) is 4.79 Å². The highest BCUT2D eigenvalue weighted by molar-refractivity contribution is 5.81. The van der Waals surface area contributed by atoms with Crippen LogP contribution in [-0.2, 0) is 22.4 Å². The molecule has 10 heteroatoms. The van der Waals surface area contributed by atoms with Crippen LogP contribution in [-0.4, -0.2) is 58.2 Å². The van der Waals surface area contributed by atoms with Crippen LogP contribution in [0.15, 0.2) is 89.3 Å². The standard InChI is InChI=1S/C31H30N2O6.C5H9NO/c1-21-27(32-29(38-21)24-10-4-2-5-11-24)15-16-37-26-14-8-9-22(18-26)17-23-19-28(30(34)35)33(20-23)31(36)39-25-12-6-3-7-13-25;1-4-2-3-5(7)6-4/h2-14,18,23,28H,15-17,19-20H2,1H3,(H,34,35);4H,2-3H2,1H3,(H,6,7)/t23-,28-;/m0./s1. The Bertz CT molecular complexity index is 1620. The van der Waals surface area contributed by atoms with Crippen molar-refractivity contribution in [3.63, 3.8) is 0 Å². The van der Waals surface area contributed by atoms with Gasteiger partial charge in [-0.2, -0.15) is 0 Å². The third-order valence-corrected chi connectivity index (χ3v) is 8.01. The Labute approximate surface area is 268 Å². The zero-order valence-electron chi connectivity index (χ0n) is 26.1. The predicted octanol–water partition coefficient (Wildman–Crippen LogP) is 6.07. The molecule has 2 fully saturated rings. The molecule has 2 aliphatic rings. The van der Waals surface area contributed by atoms with Gasteiger partial charge < -0.3 is 24.3 Å². The van der Waals surface area contributed by atoms with E-state index in [4.69, 9.17) is 13.9 Å². The number of carboxylic acids is 1. The number of aryl methyl sites for hydroxylation is 1. The lowest BCUT2D eigenvalue weighted by Gasteiger charge is -2.20. The van der Waals surface area contributed by atoms with Crippen LogP contribution in [0.25, 0.3) is 11.5 Å². The summed E-state index contributed by atoms with van der Waals surface area (Å²) in [5, 5.41) is 12.5. The van der Waals surface area contributed by atoms with E-state index in [1.807, 2.05) is 74.5 Å². The molecule has 6 rings (SSSR count). The highest BCUT2D eigenvalue weighted by atomic mass is 16.6. The first kappa shape index (κ1) is 32.3. The topological polar surface area (TPSA) is 131 Å². The van der Waals surface area contributed by atoms with E-state index in [0.717, 1.165) is 41.2 Å². The monoisotopic (exact) mass is 625 g/mol. The Hall–Kier alpha value is -5.12. The highest BCUT2D eigenvalue weighted by Crippen LogP contribution is 2.29. The van der Waals surface area contributed by atoms with Crippen molar-refractivity contribution in [2.75, 3.05) is 13.2 Å². The average molecular weight is 626 g/mol. The molecule has 240 valence electrons. The SMILES string of the molecule is CC1CCC(=O)N1.Cc1oc(-c2ccccc2)nc1CCOc1cccc(C[C@H]2C[C@@H](C(=O)O)N(C(=O)Oc3ccccc3)C2)c1. The van der Waals surface area contributed by atoms with Gasteiger partial charge in [-0.1, -0.05) is 48.5 Å². The van der Waals surface area contributed by atoms with Crippen molar-refractivity contribution in [1.29, 1.82) is 0 Å². The molecule has 0 aliphatic carbocycles. The van der Waals surface area contributed by atoms with E-state index < -0.39 is 18.1 Å². The number of para-hydroxylation sites is 1. The van der Waals surface area contributed by atoms with Gasteiger partial charge in [0.1, 0.15) is 23.3 Å². The Morgan fingerprint density at radius 2 is 1.74 bits per heavy atom. The molecule has 1 aromatic heterocycles. The number of oxazole rings is 1. The number of aliphatic carboxylic acids is 1. The Balaban J connectivity index is 0.000000527. The summed E-state index contributed by atoms with van der Waals surface area (Å²) >= 11 is 0. The first-order chi connectivity index (χ1) is 22.2. The number of nitrogens with zero attached hydrogens (tertiary/aromatic N) is 2. The average Bonchev–Trinajstić information content (AvgIpc) is 3.76. The van der Waals surface area contributed by atoms with Gasteiger partial charge in [0.05, 0.1) is 12.3 Å². The third kappa shape index (κ3) is 8.74. The number of hydrogen-bond donors (Lipinski definition) is 2. The number of hydrogen-bond acceptors (Lipinski definition) is 7. The highest BCUT2D eigenvalue weighted by Gasteiger charge is 2.40. The van der Waals surface area contributed by atoms with Crippen LogP contribution in [0.5, 0.6) is 11.5 Å². The molecule has 2 N–H and O–H groups in total. The second kappa shape index (κ2) is 15.2. The number of rotatable bonds is 9. The molecule has 0 radical (unpaired) electrons. The lowest BCUT2D eigenvalue weighted by Crippen LogP contribution is -2.42. The summed E-state index contributed by atoms with van der Waals surface area (Å²) in [5.74, 6) is 1.64. The summed E-state index contributed by atoms with van der Waals surface area (Å²) in [7, 11) is 0. The lowest BCUT2D eigenvalue weighted by atomic mass is 9.96. The second-order valence-electron chi connectivity index (χ2n) is 11.6. The van der Waals surface area contributed by atoms with E-state index in [0.29, 0.717) is 50.1 Å². The zero-order valence-corrected chi connectivity index (χ0v) is 26.1. The van der Waals surface area contributed by atoms with E-state index in [2.05, 4.69) is 10.3 Å². The molecule has 4 aromatic rings. The number of nitrogens with one attached hydrogen (secondary N) is 1. The third-order valence-electron chi connectivity index (χ3n) is 8.01. The number of carboxylic acid groups (broad SMARTS) is 1. The van der Waals surface area contributed by atoms with Crippen molar-refractivity contribution < 1.29 is 33.4 Å². The van der Waals surface area contributed by atoms with Crippen molar-refractivity contribution in [2.24, 2.45) is 5.92 Å². The largest absolute Gasteiger partial charge is 0.493 e. The van der Waals surface area contributed by atoms with Gasteiger partial charge >= 0.3 is 12.1 Å². The zero-order chi connectivity index (χ0) is 32.5. The fourth-order valence-electron chi connectivity index (χ4n) is 5.65. The van der Waals surface area contributed by atoms with Gasteiger partial charge in [-0.3, -0.25) is 9.69 Å². The minimum atomic E-state index is -1.03. The Morgan fingerprint density at radius 3 is 2.39 bits per heavy atom. The number of ether oxygens (including phenoxy) is 2. The van der Waals surface area contributed by atoms with E-state index in [1.54, 1.807) is 24.3 Å². The van der Waals surface area contributed by atoms with Crippen molar-refractivity contribution in [2.45, 2.75) is 58.0 Å². The minimum Gasteiger partial charge on any atom is -0.493 e. The molecular weight excluding hydrogens is 586 g/mol. The molecule has 0 bridgehead atoms. The van der Waals surface area contributed by atoms with Crippen LogP contribution in [0.1, 0.15) is 43.2 Å². The molecule has 2 saturated heterocycles. The van der Waals surface area contributed by atoms with E-state index in [1.165, 1.54) is 4.90 Å². The quantitative estimate of drug-likeness (QED) is 0.229. The Kier molecular flexibility index (Phi) is 10.7. The summed E-state index contributed by atoms with van der Waals surface area (Å²) in [6.45, 7) is 4.67. The van der Waals surface area contributed by atoms with E-state index in [9.17, 15) is 19.5 Å². The molecule has 46 heavy (non-hydrogen) atoms. The maximum absolute atomic E-state index is 12.7. The molecule has 2 amide bonds. The number of likely N-dealkylation sites (tertiary alicyclic amines) is 1. The van der Waals surface area contributed by atoms with E-state index in [-0.39, 0.29) is 11.8 Å². The number of carbonyl (C=O) groups excluding carboxylic acids is 2. The number of carbonyl (C=O) groups is 3. The fraction of sp³-hybridized carbons (Fsp3) is 0.333. The second-order valence-corrected chi connectivity index (χ2v) is 11.6. The molecule has 2 aliphatic heterocycles. The van der Waals surface area contributed by atoms with Gasteiger partial charge in [-0.05, 0) is 81.0 Å². The van der Waals surface area contributed by atoms with Gasteiger partial charge in [-0.15, -0.1) is 0 Å². The fourth-order valence-corrected chi connectivity index (χ4v) is 5.65. The molecule has 3 atom stereocenters. The number of amides is 2. The van der Waals surface area contributed by atoms with Gasteiger partial charge in [0.25, 0.3) is 0 Å². The maximum atomic E-state index is 12.7. The molecule has 0 spiro atoms. The smallest absolute Gasteiger partial charge is 0.415 e. The summed E-state index contributed by atoms with van der Waals surface area (Å²) in [5.41, 5.74) is 2.81. The van der Waals surface area contributed by atoms with Crippen molar-refractivity contribution >= 4 is 18.0 Å². The van der Waals surface area contributed by atoms with E-state index >= 15 is 0 Å². The van der Waals surface area contributed by atoms with Gasteiger partial charge in [0, 0.05) is 31.0 Å².